The molecule has 1 aliphatic rings. The third-order valence-corrected chi connectivity index (χ3v) is 3.29. The lowest BCUT2D eigenvalue weighted by atomic mass is 9.95. The van der Waals surface area contributed by atoms with Gasteiger partial charge in [0.15, 0.2) is 0 Å². The fourth-order valence-corrected chi connectivity index (χ4v) is 2.25. The zero-order chi connectivity index (χ0) is 12.1. The van der Waals surface area contributed by atoms with Crippen molar-refractivity contribution in [1.82, 2.24) is 10.2 Å². The number of carbonyl (C=O) groups excluding carboxylic acids is 1. The molecule has 1 unspecified atom stereocenters. The van der Waals surface area contributed by atoms with E-state index in [0.29, 0.717) is 18.9 Å². The normalized spacial score (nSPS) is 20.2. The topological polar surface area (TPSA) is 45.5 Å². The first kappa shape index (κ1) is 12.2. The van der Waals surface area contributed by atoms with Gasteiger partial charge in [0, 0.05) is 25.6 Å². The second-order valence-corrected chi connectivity index (χ2v) is 4.80. The quantitative estimate of drug-likeness (QED) is 0.864. The molecule has 1 aromatic rings. The zero-order valence-corrected chi connectivity index (χ0v) is 10.3. The summed E-state index contributed by atoms with van der Waals surface area (Å²) in [4.78, 5) is 13.8. The summed E-state index contributed by atoms with van der Waals surface area (Å²) < 4.78 is 5.00. The molecule has 1 atom stereocenters. The van der Waals surface area contributed by atoms with Crippen LogP contribution in [0.1, 0.15) is 24.8 Å². The fraction of sp³-hybridized carbons (Fsp3) is 0.615. The number of nitrogens with zero attached hydrogens (tertiary/aromatic N) is 1. The van der Waals surface area contributed by atoms with Gasteiger partial charge >= 0.3 is 0 Å². The molecule has 0 bridgehead atoms. The molecule has 94 valence electrons. The van der Waals surface area contributed by atoms with Crippen LogP contribution >= 0.6 is 0 Å². The molecule has 0 saturated carbocycles. The second kappa shape index (κ2) is 5.87. The average Bonchev–Trinajstić information content (AvgIpc) is 2.83. The largest absolute Gasteiger partial charge is 0.472 e. The van der Waals surface area contributed by atoms with Crippen molar-refractivity contribution in [2.45, 2.75) is 25.8 Å². The van der Waals surface area contributed by atoms with Crippen LogP contribution in [0.2, 0.25) is 0 Å². The minimum Gasteiger partial charge on any atom is -0.472 e. The van der Waals surface area contributed by atoms with Crippen molar-refractivity contribution in [2.75, 3.05) is 20.1 Å². The van der Waals surface area contributed by atoms with Crippen LogP contribution in [-0.2, 0) is 11.3 Å². The van der Waals surface area contributed by atoms with E-state index in [1.54, 1.807) is 17.4 Å². The number of furan rings is 1. The Kier molecular flexibility index (Phi) is 4.20. The number of nitrogens with one attached hydrogen (secondary N) is 1. The maximum Gasteiger partial charge on any atom is 0.222 e. The van der Waals surface area contributed by atoms with Gasteiger partial charge < -0.3 is 14.6 Å². The van der Waals surface area contributed by atoms with Crippen LogP contribution in [0.5, 0.6) is 0 Å². The van der Waals surface area contributed by atoms with E-state index in [0.717, 1.165) is 25.1 Å². The molecule has 2 rings (SSSR count). The summed E-state index contributed by atoms with van der Waals surface area (Å²) in [6, 6.07) is 1.89. The highest BCUT2D eigenvalue weighted by atomic mass is 16.3. The van der Waals surface area contributed by atoms with E-state index in [9.17, 15) is 4.79 Å². The number of rotatable bonds is 4. The molecule has 1 saturated heterocycles. The van der Waals surface area contributed by atoms with E-state index in [-0.39, 0.29) is 5.91 Å². The lowest BCUT2D eigenvalue weighted by Gasteiger charge is -2.24. The molecule has 1 N–H and O–H groups in total. The second-order valence-electron chi connectivity index (χ2n) is 4.80. The highest BCUT2D eigenvalue weighted by molar-refractivity contribution is 5.76. The maximum absolute atomic E-state index is 12.0. The molecule has 17 heavy (non-hydrogen) atoms. The molecule has 1 fully saturated rings. The van der Waals surface area contributed by atoms with E-state index in [2.05, 4.69) is 5.32 Å². The predicted molar refractivity (Wildman–Crippen MR) is 65.4 cm³/mol. The summed E-state index contributed by atoms with van der Waals surface area (Å²) in [5, 5.41) is 3.34. The van der Waals surface area contributed by atoms with Crippen molar-refractivity contribution in [1.29, 1.82) is 0 Å². The molecular formula is C13H20N2O2. The first-order chi connectivity index (χ1) is 8.25. The Labute approximate surface area is 102 Å². The van der Waals surface area contributed by atoms with Gasteiger partial charge in [-0.2, -0.15) is 0 Å². The van der Waals surface area contributed by atoms with Crippen molar-refractivity contribution in [3.63, 3.8) is 0 Å². The van der Waals surface area contributed by atoms with Gasteiger partial charge in [-0.05, 0) is 37.9 Å². The van der Waals surface area contributed by atoms with E-state index < -0.39 is 0 Å². The maximum atomic E-state index is 12.0. The molecule has 2 heterocycles. The Morgan fingerprint density at radius 1 is 1.65 bits per heavy atom. The fourth-order valence-electron chi connectivity index (χ4n) is 2.25. The van der Waals surface area contributed by atoms with Crippen molar-refractivity contribution < 1.29 is 9.21 Å². The van der Waals surface area contributed by atoms with Crippen LogP contribution in [0.3, 0.4) is 0 Å². The van der Waals surface area contributed by atoms with Crippen LogP contribution in [0.25, 0.3) is 0 Å². The molecule has 4 nitrogen and oxygen atoms in total. The van der Waals surface area contributed by atoms with Gasteiger partial charge in [0.05, 0.1) is 12.5 Å². The molecule has 0 spiro atoms. The standard InChI is InChI=1S/C13H20N2O2/c1-15(9-12-4-6-17-10-12)13(16)7-11-3-2-5-14-8-11/h4,6,10-11,14H,2-3,5,7-9H2,1H3. The Balaban J connectivity index is 1.78. The van der Waals surface area contributed by atoms with Gasteiger partial charge in [-0.15, -0.1) is 0 Å². The Hall–Kier alpha value is -1.29. The molecular weight excluding hydrogens is 216 g/mol. The molecule has 1 aliphatic heterocycles. The lowest BCUT2D eigenvalue weighted by Crippen LogP contribution is -2.34. The van der Waals surface area contributed by atoms with Crippen LogP contribution < -0.4 is 5.32 Å². The highest BCUT2D eigenvalue weighted by Crippen LogP contribution is 2.15. The summed E-state index contributed by atoms with van der Waals surface area (Å²) in [7, 11) is 1.85. The molecule has 0 aliphatic carbocycles. The predicted octanol–water partition coefficient (Wildman–Crippen LogP) is 1.63. The number of hydrogen-bond donors (Lipinski definition) is 1. The average molecular weight is 236 g/mol. The SMILES string of the molecule is CN(Cc1ccoc1)C(=O)CC1CCCNC1. The van der Waals surface area contributed by atoms with Crippen LogP contribution in [0.15, 0.2) is 23.0 Å². The first-order valence-corrected chi connectivity index (χ1v) is 6.21. The first-order valence-electron chi connectivity index (χ1n) is 6.21. The van der Waals surface area contributed by atoms with Crippen molar-refractivity contribution in [2.24, 2.45) is 5.92 Å². The van der Waals surface area contributed by atoms with Crippen molar-refractivity contribution in [3.8, 4) is 0 Å². The van der Waals surface area contributed by atoms with E-state index in [1.807, 2.05) is 13.1 Å². The summed E-state index contributed by atoms with van der Waals surface area (Å²) >= 11 is 0. The Bertz CT molecular complexity index is 342. The van der Waals surface area contributed by atoms with Crippen LogP contribution in [-0.4, -0.2) is 30.9 Å². The molecule has 1 aromatic heterocycles. The highest BCUT2D eigenvalue weighted by Gasteiger charge is 2.19. The zero-order valence-electron chi connectivity index (χ0n) is 10.3. The minimum absolute atomic E-state index is 0.222. The monoisotopic (exact) mass is 236 g/mol. The summed E-state index contributed by atoms with van der Waals surface area (Å²) in [6.07, 6.45) is 6.33. The lowest BCUT2D eigenvalue weighted by molar-refractivity contribution is -0.131. The van der Waals surface area contributed by atoms with Crippen molar-refractivity contribution in [3.05, 3.63) is 24.2 Å². The smallest absolute Gasteiger partial charge is 0.222 e. The Morgan fingerprint density at radius 3 is 3.18 bits per heavy atom. The van der Waals surface area contributed by atoms with Gasteiger partial charge in [-0.25, -0.2) is 0 Å². The summed E-state index contributed by atoms with van der Waals surface area (Å²) in [5.74, 6) is 0.725. The van der Waals surface area contributed by atoms with Gasteiger partial charge in [0.25, 0.3) is 0 Å². The summed E-state index contributed by atoms with van der Waals surface area (Å²) in [6.45, 7) is 2.70. The summed E-state index contributed by atoms with van der Waals surface area (Å²) in [5.41, 5.74) is 1.04. The number of hydrogen-bond acceptors (Lipinski definition) is 3. The number of piperidine rings is 1. The van der Waals surface area contributed by atoms with Gasteiger partial charge in [0.1, 0.15) is 0 Å². The van der Waals surface area contributed by atoms with Gasteiger partial charge in [-0.3, -0.25) is 4.79 Å². The molecule has 4 heteroatoms. The van der Waals surface area contributed by atoms with Gasteiger partial charge in [0.2, 0.25) is 5.91 Å². The van der Waals surface area contributed by atoms with Crippen LogP contribution in [0.4, 0.5) is 0 Å². The van der Waals surface area contributed by atoms with Crippen LogP contribution in [0, 0.1) is 5.92 Å². The molecule has 0 radical (unpaired) electrons. The molecule has 0 aromatic carbocycles. The van der Waals surface area contributed by atoms with E-state index >= 15 is 0 Å². The van der Waals surface area contributed by atoms with Gasteiger partial charge in [-0.1, -0.05) is 0 Å². The minimum atomic E-state index is 0.222. The van der Waals surface area contributed by atoms with E-state index in [1.165, 1.54) is 6.42 Å². The Morgan fingerprint density at radius 2 is 2.53 bits per heavy atom. The van der Waals surface area contributed by atoms with Crippen molar-refractivity contribution >= 4 is 5.91 Å². The third kappa shape index (κ3) is 3.60. The number of carbonyl (C=O) groups is 1. The third-order valence-electron chi connectivity index (χ3n) is 3.29. The van der Waals surface area contributed by atoms with E-state index in [4.69, 9.17) is 4.42 Å². The molecule has 1 amide bonds. The number of amides is 1.